The predicted octanol–water partition coefficient (Wildman–Crippen LogP) is 4.65. The quantitative estimate of drug-likeness (QED) is 0.814. The van der Waals surface area contributed by atoms with Crippen molar-refractivity contribution in [3.63, 3.8) is 0 Å². The zero-order valence-electron chi connectivity index (χ0n) is 11.0. The Balaban J connectivity index is 2.38. The van der Waals surface area contributed by atoms with E-state index in [1.807, 2.05) is 6.07 Å². The smallest absolute Gasteiger partial charge is 0.142 e. The van der Waals surface area contributed by atoms with Crippen molar-refractivity contribution >= 4 is 11.6 Å². The molecule has 0 aliphatic heterocycles. The summed E-state index contributed by atoms with van der Waals surface area (Å²) in [5.41, 5.74) is 1.48. The van der Waals surface area contributed by atoms with Crippen molar-refractivity contribution in [1.29, 1.82) is 0 Å². The van der Waals surface area contributed by atoms with E-state index >= 15 is 0 Å². The number of halogens is 3. The molecule has 0 heterocycles. The number of aliphatic hydroxyl groups excluding tert-OH is 1. The largest absolute Gasteiger partial charge is 0.384 e. The summed E-state index contributed by atoms with van der Waals surface area (Å²) in [7, 11) is 0. The molecule has 0 saturated heterocycles. The summed E-state index contributed by atoms with van der Waals surface area (Å²) in [5, 5.41) is 9.94. The highest BCUT2D eigenvalue weighted by molar-refractivity contribution is 6.30. The molecule has 106 valence electrons. The van der Waals surface area contributed by atoms with Gasteiger partial charge < -0.3 is 5.11 Å². The van der Waals surface area contributed by atoms with Gasteiger partial charge in [-0.15, -0.1) is 0 Å². The lowest BCUT2D eigenvalue weighted by atomic mass is 9.98. The molecule has 0 aromatic heterocycles. The van der Waals surface area contributed by atoms with Crippen LogP contribution < -0.4 is 0 Å². The number of rotatable bonds is 4. The Morgan fingerprint density at radius 1 is 1.15 bits per heavy atom. The van der Waals surface area contributed by atoms with Crippen LogP contribution in [0.25, 0.3) is 0 Å². The lowest BCUT2D eigenvalue weighted by Crippen LogP contribution is -2.04. The molecular weight excluding hydrogens is 282 g/mol. The molecule has 0 aliphatic rings. The van der Waals surface area contributed by atoms with Crippen molar-refractivity contribution < 1.29 is 13.9 Å². The maximum absolute atomic E-state index is 13.8. The van der Waals surface area contributed by atoms with Crippen LogP contribution in [0.15, 0.2) is 36.4 Å². The second-order valence-corrected chi connectivity index (χ2v) is 5.09. The van der Waals surface area contributed by atoms with Gasteiger partial charge in [0.1, 0.15) is 17.7 Å². The van der Waals surface area contributed by atoms with Crippen molar-refractivity contribution in [2.45, 2.75) is 25.9 Å². The van der Waals surface area contributed by atoms with Crippen molar-refractivity contribution in [3.05, 3.63) is 69.7 Å². The third-order valence-corrected chi connectivity index (χ3v) is 3.43. The third kappa shape index (κ3) is 3.17. The summed E-state index contributed by atoms with van der Waals surface area (Å²) in [6, 6.07) is 9.06. The van der Waals surface area contributed by atoms with E-state index in [0.29, 0.717) is 5.56 Å². The van der Waals surface area contributed by atoms with Crippen molar-refractivity contribution in [2.24, 2.45) is 0 Å². The van der Waals surface area contributed by atoms with E-state index in [0.717, 1.165) is 30.5 Å². The molecular formula is C16H15ClF2O. The fourth-order valence-corrected chi connectivity index (χ4v) is 2.28. The predicted molar refractivity (Wildman–Crippen MR) is 75.9 cm³/mol. The van der Waals surface area contributed by atoms with Gasteiger partial charge >= 0.3 is 0 Å². The molecule has 20 heavy (non-hydrogen) atoms. The maximum atomic E-state index is 13.8. The van der Waals surface area contributed by atoms with Gasteiger partial charge in [-0.2, -0.15) is 0 Å². The van der Waals surface area contributed by atoms with Crippen LogP contribution in [0.2, 0.25) is 5.02 Å². The van der Waals surface area contributed by atoms with Crippen molar-refractivity contribution in [2.75, 3.05) is 0 Å². The molecule has 0 fully saturated rings. The molecule has 0 spiro atoms. The van der Waals surface area contributed by atoms with E-state index in [4.69, 9.17) is 11.6 Å². The van der Waals surface area contributed by atoms with E-state index in [2.05, 4.69) is 6.92 Å². The van der Waals surface area contributed by atoms with Gasteiger partial charge in [-0.25, -0.2) is 8.78 Å². The fraction of sp³-hybridized carbons (Fsp3) is 0.250. The van der Waals surface area contributed by atoms with E-state index in [1.54, 1.807) is 18.2 Å². The van der Waals surface area contributed by atoms with E-state index in [9.17, 15) is 13.9 Å². The molecule has 2 aromatic carbocycles. The summed E-state index contributed by atoms with van der Waals surface area (Å²) in [4.78, 5) is 0. The van der Waals surface area contributed by atoms with Gasteiger partial charge in [0.05, 0.1) is 5.02 Å². The molecule has 0 amide bonds. The first-order valence-electron chi connectivity index (χ1n) is 6.44. The second kappa shape index (κ2) is 6.33. The minimum absolute atomic E-state index is 0.111. The molecule has 4 heteroatoms. The van der Waals surface area contributed by atoms with Crippen molar-refractivity contribution in [1.82, 2.24) is 0 Å². The molecule has 0 saturated carbocycles. The first kappa shape index (κ1) is 14.9. The molecule has 1 atom stereocenters. The SMILES string of the molecule is CCCc1cccc(C(O)c2cc(F)c(Cl)cc2F)c1. The van der Waals surface area contributed by atoms with Gasteiger partial charge in [-0.3, -0.25) is 0 Å². The average Bonchev–Trinajstić information content (AvgIpc) is 2.43. The first-order valence-corrected chi connectivity index (χ1v) is 6.82. The Kier molecular flexibility index (Phi) is 4.73. The number of hydrogen-bond donors (Lipinski definition) is 1. The van der Waals surface area contributed by atoms with Crippen LogP contribution in [-0.2, 0) is 6.42 Å². The normalized spacial score (nSPS) is 12.4. The van der Waals surface area contributed by atoms with E-state index in [1.165, 1.54) is 0 Å². The Morgan fingerprint density at radius 2 is 1.90 bits per heavy atom. The minimum Gasteiger partial charge on any atom is -0.384 e. The molecule has 0 bridgehead atoms. The molecule has 1 unspecified atom stereocenters. The molecule has 0 aliphatic carbocycles. The number of benzene rings is 2. The maximum Gasteiger partial charge on any atom is 0.142 e. The van der Waals surface area contributed by atoms with Crippen LogP contribution >= 0.6 is 11.6 Å². The van der Waals surface area contributed by atoms with Crippen LogP contribution in [0.5, 0.6) is 0 Å². The molecule has 2 aromatic rings. The Bertz CT molecular complexity index is 613. The van der Waals surface area contributed by atoms with Crippen LogP contribution in [0.1, 0.15) is 36.1 Å². The second-order valence-electron chi connectivity index (χ2n) is 4.69. The lowest BCUT2D eigenvalue weighted by Gasteiger charge is -2.14. The Labute approximate surface area is 121 Å². The van der Waals surface area contributed by atoms with Gasteiger partial charge in [0.15, 0.2) is 0 Å². The zero-order chi connectivity index (χ0) is 14.7. The van der Waals surface area contributed by atoms with Crippen LogP contribution in [-0.4, -0.2) is 5.11 Å². The van der Waals surface area contributed by atoms with Gasteiger partial charge in [0, 0.05) is 5.56 Å². The Morgan fingerprint density at radius 3 is 2.60 bits per heavy atom. The molecule has 1 N–H and O–H groups in total. The molecule has 2 rings (SSSR count). The summed E-state index contributed by atoms with van der Waals surface area (Å²) < 4.78 is 27.2. The van der Waals surface area contributed by atoms with Crippen molar-refractivity contribution in [3.8, 4) is 0 Å². The highest BCUT2D eigenvalue weighted by Gasteiger charge is 2.18. The molecule has 1 nitrogen and oxygen atoms in total. The number of aliphatic hydroxyl groups is 1. The van der Waals surface area contributed by atoms with Crippen LogP contribution in [0, 0.1) is 11.6 Å². The standard InChI is InChI=1S/C16H15ClF2O/c1-2-4-10-5-3-6-11(7-10)16(20)12-8-15(19)13(17)9-14(12)18/h3,5-9,16,20H,2,4H2,1H3. The summed E-state index contributed by atoms with van der Waals surface area (Å²) in [5.74, 6) is -1.46. The number of hydrogen-bond acceptors (Lipinski definition) is 1. The van der Waals surface area contributed by atoms with Gasteiger partial charge in [0.2, 0.25) is 0 Å². The monoisotopic (exact) mass is 296 g/mol. The summed E-state index contributed by atoms with van der Waals surface area (Å²) in [6.45, 7) is 2.05. The average molecular weight is 297 g/mol. The highest BCUT2D eigenvalue weighted by atomic mass is 35.5. The Hall–Kier alpha value is -1.45. The van der Waals surface area contributed by atoms with Gasteiger partial charge in [-0.05, 0) is 29.7 Å². The number of aryl methyl sites for hydroxylation is 1. The molecule has 0 radical (unpaired) electrons. The van der Waals surface area contributed by atoms with Crippen LogP contribution in [0.3, 0.4) is 0 Å². The van der Waals surface area contributed by atoms with Gasteiger partial charge in [-0.1, -0.05) is 49.2 Å². The van der Waals surface area contributed by atoms with Crippen LogP contribution in [0.4, 0.5) is 8.78 Å². The van der Waals surface area contributed by atoms with E-state index < -0.39 is 17.7 Å². The van der Waals surface area contributed by atoms with E-state index in [-0.39, 0.29) is 10.6 Å². The first-order chi connectivity index (χ1) is 9.52. The topological polar surface area (TPSA) is 20.2 Å². The minimum atomic E-state index is -1.21. The third-order valence-electron chi connectivity index (χ3n) is 3.14. The zero-order valence-corrected chi connectivity index (χ0v) is 11.8. The summed E-state index contributed by atoms with van der Waals surface area (Å²) in [6.07, 6.45) is 0.639. The summed E-state index contributed by atoms with van der Waals surface area (Å²) >= 11 is 5.51. The lowest BCUT2D eigenvalue weighted by molar-refractivity contribution is 0.214. The highest BCUT2D eigenvalue weighted by Crippen LogP contribution is 2.28. The fourth-order valence-electron chi connectivity index (χ4n) is 2.13. The van der Waals surface area contributed by atoms with Gasteiger partial charge in [0.25, 0.3) is 0 Å².